The van der Waals surface area contributed by atoms with Crippen LogP contribution in [0.5, 0.6) is 0 Å². The molecular formula is C15H12BrClF3N. The molecule has 6 heteroatoms. The Labute approximate surface area is 134 Å². The zero-order chi connectivity index (χ0) is 15.6. The van der Waals surface area contributed by atoms with Gasteiger partial charge in [-0.2, -0.15) is 0 Å². The van der Waals surface area contributed by atoms with E-state index in [0.717, 1.165) is 6.07 Å². The van der Waals surface area contributed by atoms with Crippen LogP contribution >= 0.6 is 27.5 Å². The first-order chi connectivity index (χ1) is 9.95. The van der Waals surface area contributed by atoms with Crippen molar-refractivity contribution in [3.63, 3.8) is 0 Å². The number of hydrogen-bond donors (Lipinski definition) is 1. The zero-order valence-corrected chi connectivity index (χ0v) is 13.4. The Balaban J connectivity index is 2.59. The van der Waals surface area contributed by atoms with Crippen molar-refractivity contribution in [2.75, 3.05) is 6.54 Å². The molecule has 0 aliphatic carbocycles. The summed E-state index contributed by atoms with van der Waals surface area (Å²) in [4.78, 5) is 0. The molecule has 1 atom stereocenters. The summed E-state index contributed by atoms with van der Waals surface area (Å²) in [6, 6.07) is 5.88. The summed E-state index contributed by atoms with van der Waals surface area (Å²) in [5, 5.41) is 3.45. The number of halogens is 5. The predicted molar refractivity (Wildman–Crippen MR) is 81.0 cm³/mol. The summed E-state index contributed by atoms with van der Waals surface area (Å²) in [7, 11) is 0. The Morgan fingerprint density at radius 3 is 2.52 bits per heavy atom. The Kier molecular flexibility index (Phi) is 5.30. The van der Waals surface area contributed by atoms with E-state index < -0.39 is 23.5 Å². The van der Waals surface area contributed by atoms with Gasteiger partial charge in [0.15, 0.2) is 11.6 Å². The molecule has 0 radical (unpaired) electrons. The van der Waals surface area contributed by atoms with Gasteiger partial charge in [0, 0.05) is 5.02 Å². The highest BCUT2D eigenvalue weighted by molar-refractivity contribution is 9.10. The molecule has 1 N–H and O–H groups in total. The maximum atomic E-state index is 13.7. The Hall–Kier alpha value is -1.04. The van der Waals surface area contributed by atoms with Crippen LogP contribution in [0.15, 0.2) is 34.8 Å². The Morgan fingerprint density at radius 2 is 1.86 bits per heavy atom. The minimum Gasteiger partial charge on any atom is -0.306 e. The lowest BCUT2D eigenvalue weighted by atomic mass is 9.98. The number of hydrogen-bond acceptors (Lipinski definition) is 1. The van der Waals surface area contributed by atoms with E-state index in [9.17, 15) is 13.2 Å². The van der Waals surface area contributed by atoms with Gasteiger partial charge in [-0.05, 0) is 57.9 Å². The van der Waals surface area contributed by atoms with Crippen LogP contribution in [0.25, 0.3) is 0 Å². The fourth-order valence-corrected chi connectivity index (χ4v) is 2.87. The number of rotatable bonds is 4. The predicted octanol–water partition coefficient (Wildman–Crippen LogP) is 5.22. The second kappa shape index (κ2) is 6.81. The van der Waals surface area contributed by atoms with E-state index >= 15 is 0 Å². The standard InChI is InChI=1S/C15H12BrClF3N/c1-2-21-15(10-7-8(18)3-5-11(10)17)9-4-6-12(19)14(20)13(9)16/h3-7,15,21H,2H2,1H3. The van der Waals surface area contributed by atoms with Crippen LogP contribution in [-0.4, -0.2) is 6.54 Å². The summed E-state index contributed by atoms with van der Waals surface area (Å²) in [6.07, 6.45) is 0. The zero-order valence-electron chi connectivity index (χ0n) is 11.1. The SMILES string of the molecule is CCNC(c1cc(F)ccc1Cl)c1ccc(F)c(F)c1Br. The third-order valence-corrected chi connectivity index (χ3v) is 4.20. The fraction of sp³-hybridized carbons (Fsp3) is 0.200. The van der Waals surface area contributed by atoms with Gasteiger partial charge in [0.2, 0.25) is 0 Å². The minimum atomic E-state index is -0.983. The molecule has 0 aliphatic heterocycles. The lowest BCUT2D eigenvalue weighted by Crippen LogP contribution is -2.23. The molecule has 2 aromatic carbocycles. The van der Waals surface area contributed by atoms with Crippen molar-refractivity contribution in [3.05, 3.63) is 68.4 Å². The number of nitrogens with one attached hydrogen (secondary N) is 1. The van der Waals surface area contributed by atoms with Crippen LogP contribution in [0.3, 0.4) is 0 Å². The van der Waals surface area contributed by atoms with Gasteiger partial charge >= 0.3 is 0 Å². The average Bonchev–Trinajstić information content (AvgIpc) is 2.46. The van der Waals surface area contributed by atoms with E-state index in [4.69, 9.17) is 11.6 Å². The van der Waals surface area contributed by atoms with Crippen molar-refractivity contribution in [2.45, 2.75) is 13.0 Å². The Bertz CT molecular complexity index is 664. The Morgan fingerprint density at radius 1 is 1.14 bits per heavy atom. The first kappa shape index (κ1) is 16.3. The molecule has 0 heterocycles. The van der Waals surface area contributed by atoms with Crippen molar-refractivity contribution in [2.24, 2.45) is 0 Å². The molecule has 0 aromatic heterocycles. The molecule has 112 valence electrons. The average molecular weight is 379 g/mol. The molecule has 2 aromatic rings. The van der Waals surface area contributed by atoms with Crippen LogP contribution in [0.2, 0.25) is 5.02 Å². The summed E-state index contributed by atoms with van der Waals surface area (Å²) in [5.74, 6) is -2.38. The molecule has 0 bridgehead atoms. The molecule has 0 saturated carbocycles. The van der Waals surface area contributed by atoms with Crippen LogP contribution in [0.1, 0.15) is 24.1 Å². The van der Waals surface area contributed by atoms with E-state index in [1.165, 1.54) is 24.3 Å². The van der Waals surface area contributed by atoms with Gasteiger partial charge in [-0.3, -0.25) is 0 Å². The normalized spacial score (nSPS) is 12.5. The van der Waals surface area contributed by atoms with Crippen molar-refractivity contribution >= 4 is 27.5 Å². The minimum absolute atomic E-state index is 0.00576. The molecule has 2 rings (SSSR count). The molecule has 21 heavy (non-hydrogen) atoms. The third-order valence-electron chi connectivity index (χ3n) is 3.05. The van der Waals surface area contributed by atoms with Gasteiger partial charge < -0.3 is 5.32 Å². The molecule has 0 aliphatic rings. The van der Waals surface area contributed by atoms with E-state index in [-0.39, 0.29) is 4.47 Å². The molecule has 0 saturated heterocycles. The quantitative estimate of drug-likeness (QED) is 0.719. The molecule has 0 spiro atoms. The lowest BCUT2D eigenvalue weighted by molar-refractivity contribution is 0.498. The monoisotopic (exact) mass is 377 g/mol. The van der Waals surface area contributed by atoms with Gasteiger partial charge in [0.1, 0.15) is 5.82 Å². The number of benzene rings is 2. The highest BCUT2D eigenvalue weighted by Gasteiger charge is 2.22. The highest BCUT2D eigenvalue weighted by Crippen LogP contribution is 2.34. The molecule has 1 nitrogen and oxygen atoms in total. The smallest absolute Gasteiger partial charge is 0.173 e. The maximum Gasteiger partial charge on any atom is 0.173 e. The van der Waals surface area contributed by atoms with Gasteiger partial charge in [-0.25, -0.2) is 13.2 Å². The molecular weight excluding hydrogens is 367 g/mol. The van der Waals surface area contributed by atoms with Crippen LogP contribution in [0, 0.1) is 17.5 Å². The van der Waals surface area contributed by atoms with Gasteiger partial charge in [-0.15, -0.1) is 0 Å². The fourth-order valence-electron chi connectivity index (χ4n) is 2.09. The second-order valence-electron chi connectivity index (χ2n) is 4.42. The summed E-state index contributed by atoms with van der Waals surface area (Å²) >= 11 is 9.16. The van der Waals surface area contributed by atoms with Crippen LogP contribution < -0.4 is 5.32 Å². The summed E-state index contributed by atoms with van der Waals surface area (Å²) in [6.45, 7) is 2.40. The maximum absolute atomic E-state index is 13.7. The first-order valence-electron chi connectivity index (χ1n) is 6.27. The van der Waals surface area contributed by atoms with Crippen molar-refractivity contribution in [1.29, 1.82) is 0 Å². The topological polar surface area (TPSA) is 12.0 Å². The largest absolute Gasteiger partial charge is 0.306 e. The second-order valence-corrected chi connectivity index (χ2v) is 5.62. The van der Waals surface area contributed by atoms with E-state index in [1.54, 1.807) is 0 Å². The lowest BCUT2D eigenvalue weighted by Gasteiger charge is -2.22. The van der Waals surface area contributed by atoms with E-state index in [1.807, 2.05) is 6.92 Å². The van der Waals surface area contributed by atoms with Gasteiger partial charge in [0.25, 0.3) is 0 Å². The van der Waals surface area contributed by atoms with Crippen molar-refractivity contribution < 1.29 is 13.2 Å². The molecule has 1 unspecified atom stereocenters. The van der Waals surface area contributed by atoms with Crippen LogP contribution in [0.4, 0.5) is 13.2 Å². The summed E-state index contributed by atoms with van der Waals surface area (Å²) < 4.78 is 40.4. The van der Waals surface area contributed by atoms with Gasteiger partial charge in [0.05, 0.1) is 10.5 Å². The van der Waals surface area contributed by atoms with Crippen LogP contribution in [-0.2, 0) is 0 Å². The molecule has 0 amide bonds. The highest BCUT2D eigenvalue weighted by atomic mass is 79.9. The van der Waals surface area contributed by atoms with Crippen molar-refractivity contribution in [3.8, 4) is 0 Å². The first-order valence-corrected chi connectivity index (χ1v) is 7.44. The van der Waals surface area contributed by atoms with Gasteiger partial charge in [-0.1, -0.05) is 24.6 Å². The molecule has 0 fully saturated rings. The summed E-state index contributed by atoms with van der Waals surface area (Å²) in [5.41, 5.74) is 0.911. The van der Waals surface area contributed by atoms with E-state index in [0.29, 0.717) is 22.7 Å². The third kappa shape index (κ3) is 3.42. The van der Waals surface area contributed by atoms with Crippen molar-refractivity contribution in [1.82, 2.24) is 5.32 Å². The van der Waals surface area contributed by atoms with E-state index in [2.05, 4.69) is 21.2 Å².